The van der Waals surface area contributed by atoms with Gasteiger partial charge in [0, 0.05) is 32.7 Å². The molecule has 2 amide bonds. The first-order valence-electron chi connectivity index (χ1n) is 7.78. The van der Waals surface area contributed by atoms with Gasteiger partial charge in [-0.05, 0) is 46.5 Å². The van der Waals surface area contributed by atoms with Gasteiger partial charge in [0.2, 0.25) is 0 Å². The first kappa shape index (κ1) is 17.4. The van der Waals surface area contributed by atoms with Gasteiger partial charge in [-0.15, -0.1) is 11.3 Å². The maximum absolute atomic E-state index is 11.9. The third kappa shape index (κ3) is 5.05. The van der Waals surface area contributed by atoms with Crippen LogP contribution in [0.4, 0.5) is 9.93 Å². The summed E-state index contributed by atoms with van der Waals surface area (Å²) in [6.07, 6.45) is 5.73. The molecule has 0 bridgehead atoms. The van der Waals surface area contributed by atoms with Crippen LogP contribution in [0.2, 0.25) is 0 Å². The highest BCUT2D eigenvalue weighted by atomic mass is 32.2. The Morgan fingerprint density at radius 3 is 2.73 bits per heavy atom. The Labute approximate surface area is 138 Å². The molecule has 5 nitrogen and oxygen atoms in total. The van der Waals surface area contributed by atoms with Gasteiger partial charge in [0.1, 0.15) is 0 Å². The minimum atomic E-state index is -0.952. The summed E-state index contributed by atoms with van der Waals surface area (Å²) in [5, 5.41) is 6.21. The van der Waals surface area contributed by atoms with Crippen molar-refractivity contribution in [2.75, 3.05) is 17.6 Å². The lowest BCUT2D eigenvalue weighted by Crippen LogP contribution is -2.35. The number of fused-ring (bicyclic) bond motifs is 1. The number of carbonyl (C=O) groups is 1. The molecular weight excluding hydrogens is 318 g/mol. The number of aryl methyl sites for hydroxylation is 2. The van der Waals surface area contributed by atoms with E-state index in [0.717, 1.165) is 18.5 Å². The van der Waals surface area contributed by atoms with Crippen molar-refractivity contribution in [1.82, 2.24) is 10.3 Å². The van der Waals surface area contributed by atoms with Gasteiger partial charge in [0.25, 0.3) is 0 Å². The third-order valence-corrected chi connectivity index (χ3v) is 6.59. The summed E-state index contributed by atoms with van der Waals surface area (Å²) in [6.45, 7) is 6.21. The number of anilines is 1. The molecule has 1 aliphatic rings. The first-order chi connectivity index (χ1) is 10.4. The second kappa shape index (κ2) is 7.55. The van der Waals surface area contributed by atoms with Crippen LogP contribution in [0.1, 0.15) is 50.6 Å². The summed E-state index contributed by atoms with van der Waals surface area (Å²) >= 11 is 1.58. The fraction of sp³-hybridized carbons (Fsp3) is 0.733. The molecule has 0 spiro atoms. The third-order valence-electron chi connectivity index (χ3n) is 3.57. The van der Waals surface area contributed by atoms with Gasteiger partial charge in [0.05, 0.1) is 5.69 Å². The highest BCUT2D eigenvalue weighted by Crippen LogP contribution is 2.28. The summed E-state index contributed by atoms with van der Waals surface area (Å²) in [6, 6.07) is -0.269. The number of hydrogen-bond donors (Lipinski definition) is 2. The number of amides is 2. The molecule has 2 N–H and O–H groups in total. The molecule has 0 saturated heterocycles. The van der Waals surface area contributed by atoms with E-state index < -0.39 is 10.8 Å². The fourth-order valence-corrected chi connectivity index (χ4v) is 4.23. The zero-order valence-electron chi connectivity index (χ0n) is 13.5. The van der Waals surface area contributed by atoms with Gasteiger partial charge in [-0.3, -0.25) is 9.53 Å². The van der Waals surface area contributed by atoms with E-state index in [1.165, 1.54) is 24.1 Å². The molecule has 0 aliphatic heterocycles. The molecule has 2 rings (SSSR count). The lowest BCUT2D eigenvalue weighted by molar-refractivity contribution is 0.252. The lowest BCUT2D eigenvalue weighted by Gasteiger charge is -2.17. The van der Waals surface area contributed by atoms with E-state index in [1.54, 1.807) is 11.3 Å². The van der Waals surface area contributed by atoms with Crippen molar-refractivity contribution >= 4 is 33.3 Å². The number of urea groups is 1. The summed E-state index contributed by atoms with van der Waals surface area (Å²) < 4.78 is 11.7. The van der Waals surface area contributed by atoms with Crippen LogP contribution >= 0.6 is 11.3 Å². The van der Waals surface area contributed by atoms with Crippen molar-refractivity contribution in [2.24, 2.45) is 0 Å². The lowest BCUT2D eigenvalue weighted by atomic mass is 10.2. The summed E-state index contributed by atoms with van der Waals surface area (Å²) in [7, 11) is -0.952. The average Bonchev–Trinajstić information content (AvgIpc) is 2.66. The second-order valence-electron chi connectivity index (χ2n) is 6.49. The Morgan fingerprint density at radius 1 is 1.27 bits per heavy atom. The van der Waals surface area contributed by atoms with Gasteiger partial charge in [0.15, 0.2) is 5.13 Å². The maximum Gasteiger partial charge on any atom is 0.321 e. The minimum Gasteiger partial charge on any atom is -0.337 e. The molecule has 0 fully saturated rings. The topological polar surface area (TPSA) is 71.1 Å². The van der Waals surface area contributed by atoms with E-state index in [-0.39, 0.29) is 10.8 Å². The Balaban J connectivity index is 1.79. The van der Waals surface area contributed by atoms with E-state index in [0.29, 0.717) is 17.4 Å². The Kier molecular flexibility index (Phi) is 5.97. The Bertz CT molecular complexity index is 526. The summed E-state index contributed by atoms with van der Waals surface area (Å²) in [5.41, 5.74) is 1.15. The smallest absolute Gasteiger partial charge is 0.321 e. The van der Waals surface area contributed by atoms with Gasteiger partial charge in [-0.25, -0.2) is 9.78 Å². The molecule has 0 saturated carbocycles. The van der Waals surface area contributed by atoms with Crippen LogP contribution < -0.4 is 10.6 Å². The van der Waals surface area contributed by atoms with E-state index in [1.807, 2.05) is 20.8 Å². The van der Waals surface area contributed by atoms with Gasteiger partial charge in [-0.2, -0.15) is 0 Å². The van der Waals surface area contributed by atoms with Crippen molar-refractivity contribution < 1.29 is 9.00 Å². The zero-order valence-corrected chi connectivity index (χ0v) is 15.2. The molecule has 1 aromatic rings. The Hall–Kier alpha value is -0.950. The SMILES string of the molecule is CC(C)(C)[S@@](=O)CCNC(=O)Nc1nc2c(s1)CCCCC2. The van der Waals surface area contributed by atoms with Crippen LogP contribution in [-0.4, -0.2) is 32.3 Å². The van der Waals surface area contributed by atoms with Crippen molar-refractivity contribution in [2.45, 2.75) is 57.6 Å². The van der Waals surface area contributed by atoms with Gasteiger partial charge in [-0.1, -0.05) is 6.42 Å². The number of aromatic nitrogens is 1. The molecule has 1 atom stereocenters. The van der Waals surface area contributed by atoms with Crippen molar-refractivity contribution in [3.63, 3.8) is 0 Å². The number of hydrogen-bond acceptors (Lipinski definition) is 4. The molecule has 22 heavy (non-hydrogen) atoms. The van der Waals surface area contributed by atoms with Crippen LogP contribution in [0, 0.1) is 0 Å². The van der Waals surface area contributed by atoms with E-state index in [4.69, 9.17) is 0 Å². The van der Waals surface area contributed by atoms with Crippen LogP contribution in [0.15, 0.2) is 0 Å². The van der Waals surface area contributed by atoms with Crippen LogP contribution in [0.3, 0.4) is 0 Å². The van der Waals surface area contributed by atoms with Crippen LogP contribution in [0.5, 0.6) is 0 Å². The van der Waals surface area contributed by atoms with Gasteiger partial charge >= 0.3 is 6.03 Å². The van der Waals surface area contributed by atoms with Crippen LogP contribution in [0.25, 0.3) is 0 Å². The molecule has 1 aromatic heterocycles. The van der Waals surface area contributed by atoms with Crippen molar-refractivity contribution in [1.29, 1.82) is 0 Å². The molecule has 0 unspecified atom stereocenters. The molecule has 124 valence electrons. The molecule has 1 aliphatic carbocycles. The number of nitrogens with zero attached hydrogens (tertiary/aromatic N) is 1. The number of thiazole rings is 1. The normalized spacial score (nSPS) is 16.5. The highest BCUT2D eigenvalue weighted by Gasteiger charge is 2.19. The van der Waals surface area contributed by atoms with Gasteiger partial charge < -0.3 is 5.32 Å². The van der Waals surface area contributed by atoms with E-state index in [2.05, 4.69) is 15.6 Å². The van der Waals surface area contributed by atoms with E-state index >= 15 is 0 Å². The van der Waals surface area contributed by atoms with E-state index in [9.17, 15) is 9.00 Å². The standard InChI is InChI=1S/C15H25N3O2S2/c1-15(2,3)22(20)10-9-16-13(19)18-14-17-11-7-5-4-6-8-12(11)21-14/h4-10H2,1-3H3,(H2,16,17,18,19)/t22-/m0/s1. The first-order valence-corrected chi connectivity index (χ1v) is 9.92. The highest BCUT2D eigenvalue weighted by molar-refractivity contribution is 7.86. The summed E-state index contributed by atoms with van der Waals surface area (Å²) in [5.74, 6) is 0.464. The maximum atomic E-state index is 11.9. The largest absolute Gasteiger partial charge is 0.337 e. The quantitative estimate of drug-likeness (QED) is 0.825. The molecule has 0 radical (unpaired) electrons. The number of carbonyl (C=O) groups excluding carboxylic acids is 1. The predicted molar refractivity (Wildman–Crippen MR) is 93.2 cm³/mol. The second-order valence-corrected chi connectivity index (χ2v) is 9.90. The molecule has 0 aromatic carbocycles. The zero-order chi connectivity index (χ0) is 16.2. The minimum absolute atomic E-state index is 0.245. The van der Waals surface area contributed by atoms with Crippen molar-refractivity contribution in [3.8, 4) is 0 Å². The van der Waals surface area contributed by atoms with Crippen molar-refractivity contribution in [3.05, 3.63) is 10.6 Å². The summed E-state index contributed by atoms with van der Waals surface area (Å²) in [4.78, 5) is 17.7. The molecular formula is C15H25N3O2S2. The average molecular weight is 344 g/mol. The fourth-order valence-electron chi connectivity index (χ4n) is 2.29. The molecule has 7 heteroatoms. The Morgan fingerprint density at radius 2 is 2.00 bits per heavy atom. The molecule has 1 heterocycles. The number of rotatable bonds is 4. The monoisotopic (exact) mass is 343 g/mol. The number of nitrogens with one attached hydrogen (secondary N) is 2. The predicted octanol–water partition coefficient (Wildman–Crippen LogP) is 3.08. The van der Waals surface area contributed by atoms with Crippen LogP contribution in [-0.2, 0) is 23.6 Å².